The minimum Gasteiger partial charge on any atom is -0.384 e. The second-order valence-electron chi connectivity index (χ2n) is 9.16. The average Bonchev–Trinajstić information content (AvgIpc) is 2.68. The molecule has 0 fully saturated rings. The molecule has 2 aromatic heterocycles. The van der Waals surface area contributed by atoms with E-state index in [0.717, 1.165) is 18.2 Å². The zero-order valence-electron chi connectivity index (χ0n) is 19.6. The molecule has 172 valence electrons. The Kier molecular flexibility index (Phi) is 8.14. The number of anilines is 3. The van der Waals surface area contributed by atoms with Gasteiger partial charge in [0, 0.05) is 23.8 Å². The highest BCUT2D eigenvalue weighted by Crippen LogP contribution is 2.25. The van der Waals surface area contributed by atoms with Gasteiger partial charge in [-0.3, -0.25) is 4.98 Å². The first-order valence-corrected chi connectivity index (χ1v) is 10.7. The first-order chi connectivity index (χ1) is 14.9. The Bertz CT molecular complexity index is 1010. The average molecular weight is 443 g/mol. The maximum atomic E-state index is 14.6. The van der Waals surface area contributed by atoms with E-state index in [2.05, 4.69) is 53.3 Å². The van der Waals surface area contributed by atoms with Crippen molar-refractivity contribution < 1.29 is 8.78 Å². The predicted octanol–water partition coefficient (Wildman–Crippen LogP) is 5.66. The Morgan fingerprint density at radius 3 is 2.41 bits per heavy atom. The van der Waals surface area contributed by atoms with Gasteiger partial charge in [-0.25, -0.2) is 13.8 Å². The molecular formula is C24H32F2N6. The zero-order valence-corrected chi connectivity index (χ0v) is 19.6. The van der Waals surface area contributed by atoms with Gasteiger partial charge in [-0.15, -0.1) is 0 Å². The largest absolute Gasteiger partial charge is 0.384 e. The molecule has 3 N–H and O–H groups in total. The van der Waals surface area contributed by atoms with Crippen LogP contribution in [0.1, 0.15) is 59.2 Å². The van der Waals surface area contributed by atoms with E-state index in [4.69, 9.17) is 0 Å². The number of pyridine rings is 2. The van der Waals surface area contributed by atoms with E-state index in [1.54, 1.807) is 6.92 Å². The molecule has 2 atom stereocenters. The van der Waals surface area contributed by atoms with Crippen LogP contribution in [0.25, 0.3) is 0 Å². The van der Waals surface area contributed by atoms with Gasteiger partial charge in [0.2, 0.25) is 0 Å². The number of rotatable bonds is 9. The number of halogens is 2. The molecule has 0 aliphatic rings. The third kappa shape index (κ3) is 6.91. The standard InChI is InChI=1S/C24H32F2N6/c1-8-21-19(25)10-18(13-28-21)31-22-17(12-27)9-20(26)23(32-22)30-16(4)15(3)29-14(2)11-24(5,6)7/h9-10,13,15-16,29H,2,8,11H2,1,3-7H3,(H2,30,31,32). The summed E-state index contributed by atoms with van der Waals surface area (Å²) in [5.41, 5.74) is 1.67. The van der Waals surface area contributed by atoms with Crippen LogP contribution >= 0.6 is 0 Å². The summed E-state index contributed by atoms with van der Waals surface area (Å²) in [6, 6.07) is 4.04. The molecule has 0 spiro atoms. The number of nitriles is 1. The van der Waals surface area contributed by atoms with Gasteiger partial charge in [-0.05, 0) is 38.2 Å². The fraction of sp³-hybridized carbons (Fsp3) is 0.458. The molecule has 8 heteroatoms. The number of hydrogen-bond donors (Lipinski definition) is 3. The fourth-order valence-electron chi connectivity index (χ4n) is 3.18. The number of hydrogen-bond acceptors (Lipinski definition) is 6. The topological polar surface area (TPSA) is 85.7 Å². The summed E-state index contributed by atoms with van der Waals surface area (Å²) < 4.78 is 28.7. The molecule has 0 bridgehead atoms. The Morgan fingerprint density at radius 2 is 1.84 bits per heavy atom. The van der Waals surface area contributed by atoms with Crippen LogP contribution in [0, 0.1) is 28.4 Å². The second-order valence-corrected chi connectivity index (χ2v) is 9.16. The summed E-state index contributed by atoms with van der Waals surface area (Å²) >= 11 is 0. The van der Waals surface area contributed by atoms with Gasteiger partial charge in [-0.2, -0.15) is 5.26 Å². The van der Waals surface area contributed by atoms with E-state index >= 15 is 0 Å². The molecule has 0 aliphatic carbocycles. The highest BCUT2D eigenvalue weighted by atomic mass is 19.1. The van der Waals surface area contributed by atoms with Crippen LogP contribution < -0.4 is 16.0 Å². The lowest BCUT2D eigenvalue weighted by Crippen LogP contribution is -2.40. The predicted molar refractivity (Wildman–Crippen MR) is 125 cm³/mol. The van der Waals surface area contributed by atoms with Crippen molar-refractivity contribution in [1.82, 2.24) is 15.3 Å². The first kappa shape index (κ1) is 25.1. The molecule has 2 rings (SSSR count). The Morgan fingerprint density at radius 1 is 1.16 bits per heavy atom. The summed E-state index contributed by atoms with van der Waals surface area (Å²) in [7, 11) is 0. The van der Waals surface area contributed by atoms with Crippen molar-refractivity contribution in [3.05, 3.63) is 53.5 Å². The van der Waals surface area contributed by atoms with Crippen LogP contribution in [-0.2, 0) is 6.42 Å². The highest BCUT2D eigenvalue weighted by Gasteiger charge is 2.19. The van der Waals surface area contributed by atoms with E-state index < -0.39 is 11.6 Å². The molecule has 0 radical (unpaired) electrons. The normalized spacial score (nSPS) is 13.1. The minimum absolute atomic E-state index is 0.00501. The third-order valence-corrected chi connectivity index (χ3v) is 4.90. The lowest BCUT2D eigenvalue weighted by molar-refractivity contribution is 0.388. The number of nitrogens with one attached hydrogen (secondary N) is 3. The number of nitrogens with zero attached hydrogens (tertiary/aromatic N) is 3. The van der Waals surface area contributed by atoms with Crippen molar-refractivity contribution in [1.29, 1.82) is 5.26 Å². The molecule has 0 amide bonds. The van der Waals surface area contributed by atoms with E-state index in [-0.39, 0.29) is 34.7 Å². The SMILES string of the molecule is C=C(CC(C)(C)C)NC(C)C(C)Nc1nc(Nc2cnc(CC)c(F)c2)c(C#N)cc1F. The van der Waals surface area contributed by atoms with Gasteiger partial charge in [0.15, 0.2) is 17.5 Å². The van der Waals surface area contributed by atoms with Crippen molar-refractivity contribution >= 4 is 17.3 Å². The van der Waals surface area contributed by atoms with E-state index in [9.17, 15) is 14.0 Å². The maximum absolute atomic E-state index is 14.6. The van der Waals surface area contributed by atoms with Gasteiger partial charge < -0.3 is 16.0 Å². The molecule has 0 saturated carbocycles. The van der Waals surface area contributed by atoms with E-state index in [1.807, 2.05) is 19.9 Å². The van der Waals surface area contributed by atoms with Gasteiger partial charge in [0.05, 0.1) is 23.1 Å². The smallest absolute Gasteiger partial charge is 0.166 e. The van der Waals surface area contributed by atoms with Crippen molar-refractivity contribution in [3.8, 4) is 6.07 Å². The number of aromatic nitrogens is 2. The molecule has 0 saturated heterocycles. The molecule has 2 aromatic rings. The van der Waals surface area contributed by atoms with Gasteiger partial charge in [0.1, 0.15) is 11.9 Å². The Balaban J connectivity index is 2.19. The molecular weight excluding hydrogens is 410 g/mol. The van der Waals surface area contributed by atoms with Gasteiger partial charge >= 0.3 is 0 Å². The highest BCUT2D eigenvalue weighted by molar-refractivity contribution is 5.65. The summed E-state index contributed by atoms with van der Waals surface area (Å²) in [6.45, 7) is 16.2. The zero-order chi connectivity index (χ0) is 24.1. The molecule has 2 heterocycles. The summed E-state index contributed by atoms with van der Waals surface area (Å²) in [5, 5.41) is 18.7. The van der Waals surface area contributed by atoms with Crippen LogP contribution in [0.4, 0.5) is 26.1 Å². The lowest BCUT2D eigenvalue weighted by Gasteiger charge is -2.28. The fourth-order valence-corrected chi connectivity index (χ4v) is 3.18. The third-order valence-electron chi connectivity index (χ3n) is 4.90. The van der Waals surface area contributed by atoms with Crippen LogP contribution in [0.2, 0.25) is 0 Å². The van der Waals surface area contributed by atoms with Gasteiger partial charge in [0.25, 0.3) is 0 Å². The Hall–Kier alpha value is -3.21. The molecule has 32 heavy (non-hydrogen) atoms. The van der Waals surface area contributed by atoms with E-state index in [1.165, 1.54) is 12.3 Å². The summed E-state index contributed by atoms with van der Waals surface area (Å²) in [5.74, 6) is -0.995. The lowest BCUT2D eigenvalue weighted by atomic mass is 9.90. The van der Waals surface area contributed by atoms with Crippen LogP contribution in [-0.4, -0.2) is 22.1 Å². The molecule has 2 unspecified atom stereocenters. The minimum atomic E-state index is -0.648. The first-order valence-electron chi connectivity index (χ1n) is 10.7. The van der Waals surface area contributed by atoms with Crippen LogP contribution in [0.15, 0.2) is 30.6 Å². The van der Waals surface area contributed by atoms with Gasteiger partial charge in [-0.1, -0.05) is 34.3 Å². The second kappa shape index (κ2) is 10.4. The van der Waals surface area contributed by atoms with Crippen LogP contribution in [0.5, 0.6) is 0 Å². The number of allylic oxidation sites excluding steroid dienone is 1. The molecule has 0 aliphatic heterocycles. The van der Waals surface area contributed by atoms with Crippen LogP contribution in [0.3, 0.4) is 0 Å². The number of aryl methyl sites for hydroxylation is 1. The summed E-state index contributed by atoms with van der Waals surface area (Å²) in [4.78, 5) is 8.31. The maximum Gasteiger partial charge on any atom is 0.166 e. The van der Waals surface area contributed by atoms with Crippen molar-refractivity contribution in [2.24, 2.45) is 5.41 Å². The monoisotopic (exact) mass is 442 g/mol. The van der Waals surface area contributed by atoms with E-state index in [0.29, 0.717) is 17.8 Å². The molecule has 0 aromatic carbocycles. The Labute approximate surface area is 189 Å². The quantitative estimate of drug-likeness (QED) is 0.465. The van der Waals surface area contributed by atoms with Crippen molar-refractivity contribution in [2.45, 2.75) is 66.5 Å². The van der Waals surface area contributed by atoms with Crippen molar-refractivity contribution in [2.75, 3.05) is 10.6 Å². The molecule has 6 nitrogen and oxygen atoms in total. The summed E-state index contributed by atoms with van der Waals surface area (Å²) in [6.07, 6.45) is 2.73. The van der Waals surface area contributed by atoms with Crippen molar-refractivity contribution in [3.63, 3.8) is 0 Å².